The van der Waals surface area contributed by atoms with Crippen LogP contribution in [0, 0.1) is 0 Å². The van der Waals surface area contributed by atoms with Crippen molar-refractivity contribution in [3.8, 4) is 0 Å². The largest absolute Gasteiger partial charge is 0.481 e. The topological polar surface area (TPSA) is 49.3 Å². The molecule has 2 rings (SSSR count). The van der Waals surface area contributed by atoms with E-state index in [-0.39, 0.29) is 18.5 Å². The molecule has 1 aromatic carbocycles. The van der Waals surface area contributed by atoms with E-state index in [9.17, 15) is 4.79 Å². The fourth-order valence-electron chi connectivity index (χ4n) is 2.15. The summed E-state index contributed by atoms with van der Waals surface area (Å²) in [6, 6.07) is 9.76. The van der Waals surface area contributed by atoms with E-state index in [4.69, 9.17) is 5.11 Å². The zero-order valence-corrected chi connectivity index (χ0v) is 15.3. The van der Waals surface area contributed by atoms with Crippen molar-refractivity contribution < 1.29 is 9.90 Å². The average Bonchev–Trinajstić information content (AvgIpc) is 2.90. The molecule has 1 aromatic heterocycles. The molecule has 2 aromatic rings. The maximum Gasteiger partial charge on any atom is 0.305 e. The van der Waals surface area contributed by atoms with Crippen molar-refractivity contribution in [3.05, 3.63) is 55.1 Å². The van der Waals surface area contributed by atoms with Crippen LogP contribution in [0.3, 0.4) is 0 Å². The summed E-state index contributed by atoms with van der Waals surface area (Å²) >= 11 is 8.56. The van der Waals surface area contributed by atoms with Gasteiger partial charge in [-0.1, -0.05) is 44.0 Å². The van der Waals surface area contributed by atoms with E-state index in [2.05, 4.69) is 37.2 Å². The third-order valence-electron chi connectivity index (χ3n) is 3.15. The van der Waals surface area contributed by atoms with E-state index < -0.39 is 5.97 Å². The number of hydrogen-bond acceptors (Lipinski definition) is 3. The molecule has 6 heteroatoms. The zero-order chi connectivity index (χ0) is 15.4. The van der Waals surface area contributed by atoms with Gasteiger partial charge in [0.2, 0.25) is 0 Å². The molecule has 3 nitrogen and oxygen atoms in total. The Morgan fingerprint density at radius 1 is 1.38 bits per heavy atom. The lowest BCUT2D eigenvalue weighted by molar-refractivity contribution is -0.137. The first-order chi connectivity index (χ1) is 9.97. The van der Waals surface area contributed by atoms with Gasteiger partial charge in [-0.15, -0.1) is 11.3 Å². The predicted octanol–water partition coefficient (Wildman–Crippen LogP) is 5.14. The molecule has 21 heavy (non-hydrogen) atoms. The Morgan fingerprint density at radius 2 is 2.14 bits per heavy atom. The minimum absolute atomic E-state index is 0.0407. The number of thiophene rings is 1. The van der Waals surface area contributed by atoms with Crippen LogP contribution < -0.4 is 5.32 Å². The Kier molecular flexibility index (Phi) is 5.98. The lowest BCUT2D eigenvalue weighted by atomic mass is 10.1. The van der Waals surface area contributed by atoms with Gasteiger partial charge in [-0.3, -0.25) is 4.79 Å². The van der Waals surface area contributed by atoms with Crippen molar-refractivity contribution in [2.75, 3.05) is 0 Å². The molecule has 0 aliphatic rings. The van der Waals surface area contributed by atoms with Gasteiger partial charge in [0.15, 0.2) is 0 Å². The fraction of sp³-hybridized carbons (Fsp3) is 0.267. The highest BCUT2D eigenvalue weighted by molar-refractivity contribution is 9.11. The molecule has 112 valence electrons. The summed E-state index contributed by atoms with van der Waals surface area (Å²) in [7, 11) is 0. The summed E-state index contributed by atoms with van der Waals surface area (Å²) in [6.45, 7) is 2.04. The first-order valence-corrected chi connectivity index (χ1v) is 8.90. The molecule has 0 spiro atoms. The van der Waals surface area contributed by atoms with Gasteiger partial charge in [0.25, 0.3) is 0 Å². The lowest BCUT2D eigenvalue weighted by Crippen LogP contribution is -2.26. The molecule has 0 saturated heterocycles. The van der Waals surface area contributed by atoms with Gasteiger partial charge in [0.05, 0.1) is 12.5 Å². The minimum atomic E-state index is -0.803. The summed E-state index contributed by atoms with van der Waals surface area (Å²) in [5, 5.41) is 14.5. The number of carboxylic acid groups (broad SMARTS) is 1. The van der Waals surface area contributed by atoms with Gasteiger partial charge >= 0.3 is 5.97 Å². The van der Waals surface area contributed by atoms with Crippen LogP contribution >= 0.6 is 43.2 Å². The average molecular weight is 433 g/mol. The molecule has 2 atom stereocenters. The van der Waals surface area contributed by atoms with E-state index in [1.54, 1.807) is 11.3 Å². The van der Waals surface area contributed by atoms with Gasteiger partial charge in [-0.2, -0.15) is 0 Å². The molecule has 0 saturated carbocycles. The highest BCUT2D eigenvalue weighted by Gasteiger charge is 2.20. The van der Waals surface area contributed by atoms with Gasteiger partial charge in [0.1, 0.15) is 0 Å². The van der Waals surface area contributed by atoms with Gasteiger partial charge in [0, 0.05) is 19.9 Å². The Balaban J connectivity index is 2.17. The van der Waals surface area contributed by atoms with Gasteiger partial charge in [-0.25, -0.2) is 0 Å². The van der Waals surface area contributed by atoms with E-state index in [1.807, 2.05) is 42.6 Å². The smallest absolute Gasteiger partial charge is 0.305 e. The van der Waals surface area contributed by atoms with Crippen LogP contribution in [0.4, 0.5) is 0 Å². The fourth-order valence-corrected chi connectivity index (χ4v) is 4.33. The van der Waals surface area contributed by atoms with Crippen molar-refractivity contribution in [1.82, 2.24) is 5.32 Å². The van der Waals surface area contributed by atoms with Crippen LogP contribution in [0.5, 0.6) is 0 Å². The van der Waals surface area contributed by atoms with Crippen molar-refractivity contribution in [2.45, 2.75) is 25.4 Å². The predicted molar refractivity (Wildman–Crippen MR) is 92.7 cm³/mol. The standard InChI is InChI=1S/C15H15Br2NO2S/c1-9(11-5-4-10(16)7-12(11)17)18-13(8-15(19)20)14-3-2-6-21-14/h2-7,9,13,18H,8H2,1H3,(H,19,20). The molecular formula is C15H15Br2NO2S. The normalized spacial score (nSPS) is 13.9. The van der Waals surface area contributed by atoms with Crippen LogP contribution in [0.15, 0.2) is 44.7 Å². The SMILES string of the molecule is CC(NC(CC(=O)O)c1cccs1)c1ccc(Br)cc1Br. The minimum Gasteiger partial charge on any atom is -0.481 e. The third-order valence-corrected chi connectivity index (χ3v) is 5.31. The van der Waals surface area contributed by atoms with Crippen LogP contribution in [0.25, 0.3) is 0 Å². The molecule has 2 N–H and O–H groups in total. The Hall–Kier alpha value is -0.690. The Bertz CT molecular complexity index is 616. The molecule has 0 aliphatic heterocycles. The quantitative estimate of drug-likeness (QED) is 0.664. The molecule has 0 amide bonds. The third kappa shape index (κ3) is 4.64. The highest BCUT2D eigenvalue weighted by Crippen LogP contribution is 2.30. The maximum atomic E-state index is 11.1. The van der Waals surface area contributed by atoms with E-state index in [0.29, 0.717) is 0 Å². The summed E-state index contributed by atoms with van der Waals surface area (Å²) in [6.07, 6.45) is 0.0685. The van der Waals surface area contributed by atoms with E-state index in [0.717, 1.165) is 19.4 Å². The molecule has 0 aliphatic carbocycles. The number of benzene rings is 1. The van der Waals surface area contributed by atoms with Crippen molar-refractivity contribution >= 4 is 49.2 Å². The molecule has 0 bridgehead atoms. The van der Waals surface area contributed by atoms with Gasteiger partial charge < -0.3 is 10.4 Å². The molecule has 2 unspecified atom stereocenters. The molecular weight excluding hydrogens is 418 g/mol. The summed E-state index contributed by atoms with van der Waals surface area (Å²) < 4.78 is 2.00. The van der Waals surface area contributed by atoms with Crippen molar-refractivity contribution in [3.63, 3.8) is 0 Å². The van der Waals surface area contributed by atoms with E-state index >= 15 is 0 Å². The lowest BCUT2D eigenvalue weighted by Gasteiger charge is -2.22. The number of halogens is 2. The summed E-state index contributed by atoms with van der Waals surface area (Å²) in [5.41, 5.74) is 1.10. The molecule has 1 heterocycles. The highest BCUT2D eigenvalue weighted by atomic mass is 79.9. The van der Waals surface area contributed by atoms with Crippen molar-refractivity contribution in [2.24, 2.45) is 0 Å². The Labute approximate surface area is 144 Å². The molecule has 0 radical (unpaired) electrons. The number of aliphatic carboxylic acids is 1. The van der Waals surface area contributed by atoms with Crippen LogP contribution in [-0.4, -0.2) is 11.1 Å². The first kappa shape index (κ1) is 16.7. The number of hydrogen-bond donors (Lipinski definition) is 2. The number of carbonyl (C=O) groups is 1. The van der Waals surface area contributed by atoms with Crippen LogP contribution in [0.1, 0.15) is 35.9 Å². The second-order valence-corrected chi connectivity index (χ2v) is 7.47. The Morgan fingerprint density at radius 3 is 2.71 bits per heavy atom. The van der Waals surface area contributed by atoms with Crippen LogP contribution in [0.2, 0.25) is 0 Å². The number of carboxylic acids is 1. The number of rotatable bonds is 6. The van der Waals surface area contributed by atoms with Crippen LogP contribution in [-0.2, 0) is 4.79 Å². The zero-order valence-electron chi connectivity index (χ0n) is 11.3. The monoisotopic (exact) mass is 431 g/mol. The van der Waals surface area contributed by atoms with E-state index in [1.165, 1.54) is 0 Å². The van der Waals surface area contributed by atoms with Gasteiger partial charge in [-0.05, 0) is 36.1 Å². The summed E-state index contributed by atoms with van der Waals surface area (Å²) in [5.74, 6) is -0.803. The second-order valence-electron chi connectivity index (χ2n) is 4.72. The summed E-state index contributed by atoms with van der Waals surface area (Å²) in [4.78, 5) is 12.1. The van der Waals surface area contributed by atoms with Crippen molar-refractivity contribution in [1.29, 1.82) is 0 Å². The first-order valence-electron chi connectivity index (χ1n) is 6.43. The molecule has 0 fully saturated rings. The number of nitrogens with one attached hydrogen (secondary N) is 1. The second kappa shape index (κ2) is 7.54. The maximum absolute atomic E-state index is 11.1.